The Morgan fingerprint density at radius 1 is 1.60 bits per heavy atom. The summed E-state index contributed by atoms with van der Waals surface area (Å²) in [4.78, 5) is 0. The van der Waals surface area contributed by atoms with E-state index in [2.05, 4.69) is 12.2 Å². The van der Waals surface area contributed by atoms with E-state index in [0.29, 0.717) is 0 Å². The fraction of sp³-hybridized carbons (Fsp3) is 1.00. The fourth-order valence-electron chi connectivity index (χ4n) is 0.997. The van der Waals surface area contributed by atoms with E-state index >= 15 is 0 Å². The van der Waals surface area contributed by atoms with Crippen molar-refractivity contribution in [3.63, 3.8) is 0 Å². The standard InChI is InChI=1S/C7H15NOS/c1-2-10-4-3-7(9)5-8-6-7/h8-9H,2-6H2,1H3. The smallest absolute Gasteiger partial charge is 0.0902 e. The highest BCUT2D eigenvalue weighted by Crippen LogP contribution is 2.17. The van der Waals surface area contributed by atoms with Crippen LogP contribution in [0.2, 0.25) is 0 Å². The van der Waals surface area contributed by atoms with Crippen molar-refractivity contribution in [2.45, 2.75) is 18.9 Å². The monoisotopic (exact) mass is 161 g/mol. The molecule has 0 aromatic carbocycles. The second-order valence-electron chi connectivity index (χ2n) is 2.77. The molecule has 0 aromatic heterocycles. The van der Waals surface area contributed by atoms with Crippen LogP contribution in [0.3, 0.4) is 0 Å². The zero-order valence-electron chi connectivity index (χ0n) is 6.39. The van der Waals surface area contributed by atoms with Gasteiger partial charge in [0.15, 0.2) is 0 Å². The van der Waals surface area contributed by atoms with Gasteiger partial charge in [-0.3, -0.25) is 0 Å². The molecule has 0 atom stereocenters. The quantitative estimate of drug-likeness (QED) is 0.588. The molecule has 0 aromatic rings. The second-order valence-corrected chi connectivity index (χ2v) is 4.17. The first-order valence-electron chi connectivity index (χ1n) is 3.78. The van der Waals surface area contributed by atoms with Crippen molar-refractivity contribution in [3.05, 3.63) is 0 Å². The van der Waals surface area contributed by atoms with Crippen molar-refractivity contribution in [2.75, 3.05) is 24.6 Å². The Bertz CT molecular complexity index is 104. The molecule has 1 rings (SSSR count). The summed E-state index contributed by atoms with van der Waals surface area (Å²) in [6, 6.07) is 0. The van der Waals surface area contributed by atoms with E-state index in [-0.39, 0.29) is 5.60 Å². The summed E-state index contributed by atoms with van der Waals surface area (Å²) in [7, 11) is 0. The third kappa shape index (κ3) is 2.15. The highest BCUT2D eigenvalue weighted by atomic mass is 32.2. The lowest BCUT2D eigenvalue weighted by molar-refractivity contribution is -0.0117. The number of hydrogen-bond acceptors (Lipinski definition) is 3. The van der Waals surface area contributed by atoms with Crippen LogP contribution in [-0.4, -0.2) is 35.3 Å². The number of thioether (sulfide) groups is 1. The molecule has 2 nitrogen and oxygen atoms in total. The molecule has 1 aliphatic heterocycles. The van der Waals surface area contributed by atoms with E-state index in [0.717, 1.165) is 31.0 Å². The van der Waals surface area contributed by atoms with E-state index in [9.17, 15) is 5.11 Å². The maximum Gasteiger partial charge on any atom is 0.0902 e. The van der Waals surface area contributed by atoms with Gasteiger partial charge < -0.3 is 10.4 Å². The first-order valence-corrected chi connectivity index (χ1v) is 4.93. The van der Waals surface area contributed by atoms with Crippen LogP contribution in [-0.2, 0) is 0 Å². The predicted octanol–water partition coefficient (Wildman–Crippen LogP) is 0.464. The summed E-state index contributed by atoms with van der Waals surface area (Å²) in [6.45, 7) is 3.72. The van der Waals surface area contributed by atoms with Crippen LogP contribution in [0, 0.1) is 0 Å². The van der Waals surface area contributed by atoms with Crippen LogP contribution in [0.15, 0.2) is 0 Å². The Hall–Kier alpha value is 0.270. The van der Waals surface area contributed by atoms with Crippen LogP contribution in [0.5, 0.6) is 0 Å². The Morgan fingerprint density at radius 3 is 2.70 bits per heavy atom. The number of β-amino-alcohol motifs (C(OH)–C–C–N with tert-alkyl or cyclic N) is 1. The summed E-state index contributed by atoms with van der Waals surface area (Å²) >= 11 is 1.90. The van der Waals surface area contributed by atoms with E-state index in [1.165, 1.54) is 0 Å². The summed E-state index contributed by atoms with van der Waals surface area (Å²) in [5.74, 6) is 2.25. The normalized spacial score (nSPS) is 22.2. The zero-order chi connectivity index (χ0) is 7.45. The predicted molar refractivity (Wildman–Crippen MR) is 45.4 cm³/mol. The third-order valence-electron chi connectivity index (χ3n) is 1.82. The lowest BCUT2D eigenvalue weighted by Gasteiger charge is -2.37. The average molecular weight is 161 g/mol. The van der Waals surface area contributed by atoms with Crippen molar-refractivity contribution >= 4 is 11.8 Å². The molecular weight excluding hydrogens is 146 g/mol. The number of rotatable bonds is 4. The van der Waals surface area contributed by atoms with E-state index in [1.807, 2.05) is 11.8 Å². The average Bonchev–Trinajstić information content (AvgIpc) is 1.85. The number of hydrogen-bond donors (Lipinski definition) is 2. The van der Waals surface area contributed by atoms with Gasteiger partial charge in [0.25, 0.3) is 0 Å². The molecule has 0 radical (unpaired) electrons. The largest absolute Gasteiger partial charge is 0.387 e. The molecule has 3 heteroatoms. The molecule has 1 aliphatic rings. The lowest BCUT2D eigenvalue weighted by Crippen LogP contribution is -2.59. The van der Waals surface area contributed by atoms with Crippen LogP contribution in [0.4, 0.5) is 0 Å². The molecule has 1 heterocycles. The summed E-state index contributed by atoms with van der Waals surface area (Å²) in [5.41, 5.74) is -0.359. The lowest BCUT2D eigenvalue weighted by atomic mass is 9.94. The van der Waals surface area contributed by atoms with Gasteiger partial charge in [-0.2, -0.15) is 11.8 Å². The fourth-order valence-corrected chi connectivity index (χ4v) is 1.81. The Labute approximate surface area is 66.4 Å². The van der Waals surface area contributed by atoms with Gasteiger partial charge in [0.1, 0.15) is 0 Å². The van der Waals surface area contributed by atoms with Crippen LogP contribution in [0.1, 0.15) is 13.3 Å². The SMILES string of the molecule is CCSCCC1(O)CNC1. The van der Waals surface area contributed by atoms with E-state index in [1.54, 1.807) is 0 Å². The Kier molecular flexibility index (Phi) is 3.01. The van der Waals surface area contributed by atoms with Crippen LogP contribution < -0.4 is 5.32 Å². The molecule has 10 heavy (non-hydrogen) atoms. The molecule has 60 valence electrons. The van der Waals surface area contributed by atoms with Gasteiger partial charge in [-0.15, -0.1) is 0 Å². The minimum atomic E-state index is -0.359. The summed E-state index contributed by atoms with van der Waals surface area (Å²) in [5, 5.41) is 12.6. The molecule has 1 saturated heterocycles. The van der Waals surface area contributed by atoms with Crippen molar-refractivity contribution in [1.82, 2.24) is 5.32 Å². The molecule has 0 saturated carbocycles. The van der Waals surface area contributed by atoms with Gasteiger partial charge >= 0.3 is 0 Å². The number of nitrogens with one attached hydrogen (secondary N) is 1. The Balaban J connectivity index is 2.01. The van der Waals surface area contributed by atoms with Crippen LogP contribution in [0.25, 0.3) is 0 Å². The molecule has 0 bridgehead atoms. The maximum absolute atomic E-state index is 9.56. The maximum atomic E-state index is 9.56. The van der Waals surface area contributed by atoms with Crippen molar-refractivity contribution in [2.24, 2.45) is 0 Å². The van der Waals surface area contributed by atoms with Gasteiger partial charge in [-0.1, -0.05) is 6.92 Å². The van der Waals surface area contributed by atoms with Crippen molar-refractivity contribution < 1.29 is 5.11 Å². The van der Waals surface area contributed by atoms with Gasteiger partial charge in [0.2, 0.25) is 0 Å². The molecule has 2 N–H and O–H groups in total. The van der Waals surface area contributed by atoms with Gasteiger partial charge in [-0.25, -0.2) is 0 Å². The van der Waals surface area contributed by atoms with Crippen LogP contribution >= 0.6 is 11.8 Å². The highest BCUT2D eigenvalue weighted by molar-refractivity contribution is 7.99. The molecule has 0 spiro atoms. The second kappa shape index (κ2) is 3.60. The minimum absolute atomic E-state index is 0.359. The highest BCUT2D eigenvalue weighted by Gasteiger charge is 2.33. The molecule has 0 unspecified atom stereocenters. The zero-order valence-corrected chi connectivity index (χ0v) is 7.21. The molecular formula is C7H15NOS. The molecule has 1 fully saturated rings. The van der Waals surface area contributed by atoms with Gasteiger partial charge in [-0.05, 0) is 17.9 Å². The first-order chi connectivity index (χ1) is 4.77. The topological polar surface area (TPSA) is 32.3 Å². The third-order valence-corrected chi connectivity index (χ3v) is 2.73. The first kappa shape index (κ1) is 8.37. The number of aliphatic hydroxyl groups is 1. The van der Waals surface area contributed by atoms with E-state index < -0.39 is 0 Å². The molecule has 0 aliphatic carbocycles. The van der Waals surface area contributed by atoms with Crippen molar-refractivity contribution in [1.29, 1.82) is 0 Å². The minimum Gasteiger partial charge on any atom is -0.387 e. The summed E-state index contributed by atoms with van der Waals surface area (Å²) in [6.07, 6.45) is 0.943. The van der Waals surface area contributed by atoms with E-state index in [4.69, 9.17) is 0 Å². The van der Waals surface area contributed by atoms with Gasteiger partial charge in [0.05, 0.1) is 5.60 Å². The molecule has 0 amide bonds. The van der Waals surface area contributed by atoms with Gasteiger partial charge in [0, 0.05) is 13.1 Å². The Morgan fingerprint density at radius 2 is 2.30 bits per heavy atom. The summed E-state index contributed by atoms with van der Waals surface area (Å²) < 4.78 is 0. The van der Waals surface area contributed by atoms with Crippen molar-refractivity contribution in [3.8, 4) is 0 Å².